The molecule has 0 atom stereocenters. The molecule has 1 aromatic carbocycles. The number of halogens is 1. The van der Waals surface area contributed by atoms with E-state index in [1.165, 1.54) is 0 Å². The fourth-order valence-electron chi connectivity index (χ4n) is 1.46. The Bertz CT molecular complexity index is 562. The van der Waals surface area contributed by atoms with Gasteiger partial charge in [-0.3, -0.25) is 0 Å². The van der Waals surface area contributed by atoms with Gasteiger partial charge in [0.1, 0.15) is 5.75 Å². The molecular formula is C13H15ClN4O. The van der Waals surface area contributed by atoms with Crippen molar-refractivity contribution in [2.45, 2.75) is 20.3 Å². The van der Waals surface area contributed by atoms with E-state index >= 15 is 0 Å². The molecule has 0 aliphatic rings. The van der Waals surface area contributed by atoms with Crippen LogP contribution in [-0.4, -0.2) is 21.5 Å². The normalized spacial score (nSPS) is 10.3. The van der Waals surface area contributed by atoms with Crippen LogP contribution in [0.2, 0.25) is 5.28 Å². The second-order valence-electron chi connectivity index (χ2n) is 4.00. The highest BCUT2D eigenvalue weighted by Gasteiger charge is 2.08. The number of benzene rings is 1. The molecule has 0 saturated carbocycles. The highest BCUT2D eigenvalue weighted by Crippen LogP contribution is 2.23. The summed E-state index contributed by atoms with van der Waals surface area (Å²) in [6, 6.07) is 7.83. The van der Waals surface area contributed by atoms with Crippen molar-refractivity contribution < 1.29 is 4.74 Å². The van der Waals surface area contributed by atoms with E-state index in [1.807, 2.05) is 31.2 Å². The van der Waals surface area contributed by atoms with Gasteiger partial charge in [0.2, 0.25) is 11.2 Å². The van der Waals surface area contributed by atoms with Gasteiger partial charge in [0, 0.05) is 6.54 Å². The van der Waals surface area contributed by atoms with Crippen LogP contribution < -0.4 is 10.1 Å². The van der Waals surface area contributed by atoms with Crippen molar-refractivity contribution in [3.63, 3.8) is 0 Å². The third-order valence-corrected chi connectivity index (χ3v) is 2.58. The van der Waals surface area contributed by atoms with Crippen molar-refractivity contribution in [1.29, 1.82) is 0 Å². The molecule has 2 rings (SSSR count). The Kier molecular flexibility index (Phi) is 4.52. The maximum atomic E-state index is 5.85. The van der Waals surface area contributed by atoms with Crippen molar-refractivity contribution >= 4 is 17.5 Å². The molecule has 100 valence electrons. The molecule has 1 heterocycles. The van der Waals surface area contributed by atoms with Gasteiger partial charge in [0.15, 0.2) is 0 Å². The van der Waals surface area contributed by atoms with E-state index in [0.717, 1.165) is 18.5 Å². The predicted octanol–water partition coefficient (Wildman–Crippen LogP) is 3.45. The summed E-state index contributed by atoms with van der Waals surface area (Å²) in [4.78, 5) is 12.1. The number of nitrogens with zero attached hydrogens (tertiary/aromatic N) is 3. The van der Waals surface area contributed by atoms with Crippen LogP contribution in [0.25, 0.3) is 0 Å². The van der Waals surface area contributed by atoms with Crippen LogP contribution in [0.5, 0.6) is 11.8 Å². The fraction of sp³-hybridized carbons (Fsp3) is 0.308. The first-order valence-corrected chi connectivity index (χ1v) is 6.45. The van der Waals surface area contributed by atoms with E-state index in [1.54, 1.807) is 0 Å². The molecule has 0 spiro atoms. The van der Waals surface area contributed by atoms with Gasteiger partial charge >= 0.3 is 6.01 Å². The SMILES string of the molecule is CCCNc1nc(Cl)nc(Oc2ccccc2C)n1. The van der Waals surface area contributed by atoms with Crippen molar-refractivity contribution in [1.82, 2.24) is 15.0 Å². The van der Waals surface area contributed by atoms with E-state index in [2.05, 4.69) is 27.2 Å². The monoisotopic (exact) mass is 278 g/mol. The molecule has 1 N–H and O–H groups in total. The van der Waals surface area contributed by atoms with Crippen molar-refractivity contribution in [2.24, 2.45) is 0 Å². The smallest absolute Gasteiger partial charge is 0.328 e. The Morgan fingerprint density at radius 1 is 1.21 bits per heavy atom. The first kappa shape index (κ1) is 13.5. The number of nitrogens with one attached hydrogen (secondary N) is 1. The minimum Gasteiger partial charge on any atom is -0.424 e. The minimum absolute atomic E-state index is 0.109. The van der Waals surface area contributed by atoms with E-state index in [4.69, 9.17) is 16.3 Å². The topological polar surface area (TPSA) is 59.9 Å². The lowest BCUT2D eigenvalue weighted by Crippen LogP contribution is -2.06. The summed E-state index contributed by atoms with van der Waals surface area (Å²) in [7, 11) is 0. The van der Waals surface area contributed by atoms with Crippen molar-refractivity contribution in [3.05, 3.63) is 35.1 Å². The summed E-state index contributed by atoms with van der Waals surface area (Å²) in [5.74, 6) is 1.12. The van der Waals surface area contributed by atoms with E-state index in [-0.39, 0.29) is 11.3 Å². The molecule has 19 heavy (non-hydrogen) atoms. The van der Waals surface area contributed by atoms with Gasteiger partial charge in [-0.1, -0.05) is 25.1 Å². The van der Waals surface area contributed by atoms with Crippen LogP contribution in [0.15, 0.2) is 24.3 Å². The molecule has 1 aromatic heterocycles. The molecule has 0 saturated heterocycles. The Labute approximate surface area is 117 Å². The lowest BCUT2D eigenvalue weighted by atomic mass is 10.2. The predicted molar refractivity (Wildman–Crippen MR) is 74.9 cm³/mol. The standard InChI is InChI=1S/C13H15ClN4O/c1-3-8-15-12-16-11(14)17-13(18-12)19-10-7-5-4-6-9(10)2/h4-7H,3,8H2,1-2H3,(H,15,16,17,18). The molecule has 0 unspecified atom stereocenters. The number of para-hydroxylation sites is 1. The molecular weight excluding hydrogens is 264 g/mol. The highest BCUT2D eigenvalue weighted by molar-refractivity contribution is 6.28. The highest BCUT2D eigenvalue weighted by atomic mass is 35.5. The maximum Gasteiger partial charge on any atom is 0.328 e. The Morgan fingerprint density at radius 3 is 2.74 bits per heavy atom. The van der Waals surface area contributed by atoms with Crippen LogP contribution in [0.1, 0.15) is 18.9 Å². The molecule has 0 aliphatic carbocycles. The van der Waals surface area contributed by atoms with Crippen LogP contribution in [0, 0.1) is 6.92 Å². The molecule has 2 aromatic rings. The molecule has 0 radical (unpaired) electrons. The van der Waals surface area contributed by atoms with Crippen molar-refractivity contribution in [2.75, 3.05) is 11.9 Å². The van der Waals surface area contributed by atoms with Gasteiger partial charge < -0.3 is 10.1 Å². The largest absolute Gasteiger partial charge is 0.424 e. The van der Waals surface area contributed by atoms with Crippen molar-refractivity contribution in [3.8, 4) is 11.8 Å². The first-order valence-electron chi connectivity index (χ1n) is 6.08. The number of hydrogen-bond donors (Lipinski definition) is 1. The van der Waals surface area contributed by atoms with Crippen LogP contribution >= 0.6 is 11.6 Å². The van der Waals surface area contributed by atoms with E-state index < -0.39 is 0 Å². The molecule has 0 fully saturated rings. The summed E-state index contributed by atoms with van der Waals surface area (Å²) in [5, 5.41) is 3.16. The van der Waals surface area contributed by atoms with Crippen LogP contribution in [0.3, 0.4) is 0 Å². The number of ether oxygens (including phenoxy) is 1. The zero-order valence-electron chi connectivity index (χ0n) is 10.9. The number of rotatable bonds is 5. The van der Waals surface area contributed by atoms with Crippen LogP contribution in [-0.2, 0) is 0 Å². The summed E-state index contributed by atoms with van der Waals surface area (Å²) in [5.41, 5.74) is 1.00. The average molecular weight is 279 g/mol. The maximum absolute atomic E-state index is 5.85. The quantitative estimate of drug-likeness (QED) is 0.908. The van der Waals surface area contributed by atoms with Gasteiger partial charge in [-0.25, -0.2) is 0 Å². The second-order valence-corrected chi connectivity index (χ2v) is 4.34. The van der Waals surface area contributed by atoms with Gasteiger partial charge in [-0.05, 0) is 36.6 Å². The van der Waals surface area contributed by atoms with Gasteiger partial charge in [0.25, 0.3) is 0 Å². The molecule has 0 aliphatic heterocycles. The average Bonchev–Trinajstić information content (AvgIpc) is 2.38. The number of hydrogen-bond acceptors (Lipinski definition) is 5. The van der Waals surface area contributed by atoms with Crippen LogP contribution in [0.4, 0.5) is 5.95 Å². The lowest BCUT2D eigenvalue weighted by Gasteiger charge is -2.08. The lowest BCUT2D eigenvalue weighted by molar-refractivity contribution is 0.437. The number of aromatic nitrogens is 3. The molecule has 6 heteroatoms. The fourth-order valence-corrected chi connectivity index (χ4v) is 1.62. The zero-order chi connectivity index (χ0) is 13.7. The number of aryl methyl sites for hydroxylation is 1. The van der Waals surface area contributed by atoms with E-state index in [0.29, 0.717) is 11.7 Å². The summed E-state index contributed by atoms with van der Waals surface area (Å²) < 4.78 is 5.62. The van der Waals surface area contributed by atoms with Gasteiger partial charge in [-0.2, -0.15) is 15.0 Å². The molecule has 5 nitrogen and oxygen atoms in total. The Hall–Kier alpha value is -1.88. The Morgan fingerprint density at radius 2 is 2.00 bits per heavy atom. The second kappa shape index (κ2) is 6.33. The Balaban J connectivity index is 2.20. The summed E-state index contributed by atoms with van der Waals surface area (Å²) in [6.07, 6.45) is 0.970. The molecule has 0 amide bonds. The first-order chi connectivity index (χ1) is 9.19. The zero-order valence-corrected chi connectivity index (χ0v) is 11.6. The third kappa shape index (κ3) is 3.79. The molecule has 0 bridgehead atoms. The number of anilines is 1. The summed E-state index contributed by atoms with van der Waals surface area (Å²) in [6.45, 7) is 4.78. The van der Waals surface area contributed by atoms with Gasteiger partial charge in [-0.15, -0.1) is 0 Å². The summed E-state index contributed by atoms with van der Waals surface area (Å²) >= 11 is 5.85. The van der Waals surface area contributed by atoms with E-state index in [9.17, 15) is 0 Å². The third-order valence-electron chi connectivity index (χ3n) is 2.42. The minimum atomic E-state index is 0.109. The van der Waals surface area contributed by atoms with Gasteiger partial charge in [0.05, 0.1) is 0 Å².